The van der Waals surface area contributed by atoms with Crippen LogP contribution < -0.4 is 0 Å². The van der Waals surface area contributed by atoms with Crippen LogP contribution in [0.2, 0.25) is 0 Å². The van der Waals surface area contributed by atoms with Gasteiger partial charge in [-0.1, -0.05) is 158 Å². The number of fused-ring (bicyclic) bond motifs is 10. The quantitative estimate of drug-likeness (QED) is 0.174. The van der Waals surface area contributed by atoms with Gasteiger partial charge in [-0.05, 0) is 62.7 Å². The molecule has 0 spiro atoms. The molecular formula is C50H31N3. The second-order valence-corrected chi connectivity index (χ2v) is 13.7. The van der Waals surface area contributed by atoms with Crippen molar-refractivity contribution in [2.45, 2.75) is 0 Å². The zero-order valence-electron chi connectivity index (χ0n) is 28.7. The van der Waals surface area contributed by atoms with Crippen LogP contribution in [0.3, 0.4) is 0 Å². The van der Waals surface area contributed by atoms with E-state index >= 15 is 0 Å². The topological polar surface area (TPSA) is 30.7 Å². The third-order valence-corrected chi connectivity index (χ3v) is 10.8. The largest absolute Gasteiger partial charge is 0.309 e. The molecule has 246 valence electrons. The lowest BCUT2D eigenvalue weighted by molar-refractivity contribution is 1.20. The maximum absolute atomic E-state index is 5.24. The molecule has 0 saturated carbocycles. The molecule has 53 heavy (non-hydrogen) atoms. The number of hydrogen-bond donors (Lipinski definition) is 0. The minimum Gasteiger partial charge on any atom is -0.309 e. The van der Waals surface area contributed by atoms with E-state index in [1.165, 1.54) is 60.2 Å². The van der Waals surface area contributed by atoms with Gasteiger partial charge in [-0.25, -0.2) is 4.98 Å². The molecule has 0 bridgehead atoms. The molecule has 0 unspecified atom stereocenters. The minimum absolute atomic E-state index is 0.867. The fourth-order valence-corrected chi connectivity index (χ4v) is 8.37. The van der Waals surface area contributed by atoms with Crippen LogP contribution in [-0.4, -0.2) is 14.5 Å². The number of nitrogens with zero attached hydrogens (tertiary/aromatic N) is 3. The van der Waals surface area contributed by atoms with Crippen molar-refractivity contribution < 1.29 is 0 Å². The standard InChI is InChI=1S/C50H31N3/c1-4-17-40-37(14-1)36(28-29-48(40)53-46-22-9-7-18-41(46)42-19-8-10-23-47(42)53)33-26-24-32(25-27-33)34-12-11-13-35(30-34)45-31-51-49-43-20-5-2-15-38(43)39-16-3-6-21-44(39)50(49)52-45/h1-31H. The van der Waals surface area contributed by atoms with Crippen molar-refractivity contribution >= 4 is 65.2 Å². The van der Waals surface area contributed by atoms with Crippen molar-refractivity contribution in [3.63, 3.8) is 0 Å². The number of aromatic nitrogens is 3. The zero-order chi connectivity index (χ0) is 34.9. The molecule has 3 nitrogen and oxygen atoms in total. The van der Waals surface area contributed by atoms with Gasteiger partial charge >= 0.3 is 0 Å². The fourth-order valence-electron chi connectivity index (χ4n) is 8.37. The van der Waals surface area contributed by atoms with Gasteiger partial charge in [0.1, 0.15) is 0 Å². The van der Waals surface area contributed by atoms with Gasteiger partial charge in [0, 0.05) is 32.5 Å². The molecule has 0 atom stereocenters. The molecule has 11 rings (SSSR count). The number of rotatable bonds is 4. The van der Waals surface area contributed by atoms with Crippen molar-refractivity contribution in [2.24, 2.45) is 0 Å². The highest BCUT2D eigenvalue weighted by Crippen LogP contribution is 2.39. The molecule has 2 heterocycles. The van der Waals surface area contributed by atoms with Crippen LogP contribution in [0.15, 0.2) is 188 Å². The molecule has 0 N–H and O–H groups in total. The van der Waals surface area contributed by atoms with Gasteiger partial charge in [0.2, 0.25) is 0 Å². The minimum atomic E-state index is 0.867. The first-order chi connectivity index (χ1) is 26.3. The first-order valence-corrected chi connectivity index (χ1v) is 18.1. The SMILES string of the molecule is c1cc(-c2ccc(-c3ccc(-n4c5ccccc5c5ccccc54)c4ccccc34)cc2)cc(-c2cnc3c4ccccc4c4ccccc4c3n2)c1. The highest BCUT2D eigenvalue weighted by atomic mass is 15.0. The van der Waals surface area contributed by atoms with Gasteiger partial charge in [-0.15, -0.1) is 0 Å². The Bertz CT molecular complexity index is 3140. The molecule has 0 fully saturated rings. The van der Waals surface area contributed by atoms with Crippen LogP contribution in [0.5, 0.6) is 0 Å². The van der Waals surface area contributed by atoms with Crippen LogP contribution in [0.4, 0.5) is 0 Å². The molecule has 0 aliphatic rings. The van der Waals surface area contributed by atoms with Crippen LogP contribution in [0, 0.1) is 0 Å². The van der Waals surface area contributed by atoms with Crippen LogP contribution >= 0.6 is 0 Å². The third-order valence-electron chi connectivity index (χ3n) is 10.8. The Morgan fingerprint density at radius 1 is 0.340 bits per heavy atom. The van der Waals surface area contributed by atoms with E-state index in [1.807, 2.05) is 6.20 Å². The third kappa shape index (κ3) is 4.61. The normalized spacial score (nSPS) is 11.8. The molecule has 0 amide bonds. The van der Waals surface area contributed by atoms with Crippen LogP contribution in [0.1, 0.15) is 0 Å². The van der Waals surface area contributed by atoms with Gasteiger partial charge < -0.3 is 4.57 Å². The summed E-state index contributed by atoms with van der Waals surface area (Å²) < 4.78 is 2.41. The average molecular weight is 674 g/mol. The summed E-state index contributed by atoms with van der Waals surface area (Å²) in [6, 6.07) is 65.3. The molecule has 11 aromatic rings. The van der Waals surface area contributed by atoms with E-state index in [1.54, 1.807) is 0 Å². The van der Waals surface area contributed by atoms with E-state index in [9.17, 15) is 0 Å². The number of para-hydroxylation sites is 2. The van der Waals surface area contributed by atoms with Crippen molar-refractivity contribution in [1.82, 2.24) is 14.5 Å². The Kier molecular flexibility index (Phi) is 6.55. The Balaban J connectivity index is 0.980. The predicted octanol–water partition coefficient (Wildman–Crippen LogP) is 13.2. The molecule has 0 saturated heterocycles. The Morgan fingerprint density at radius 3 is 1.55 bits per heavy atom. The molecule has 0 aliphatic carbocycles. The number of benzene rings is 9. The van der Waals surface area contributed by atoms with Gasteiger partial charge in [-0.3, -0.25) is 4.98 Å². The highest BCUT2D eigenvalue weighted by Gasteiger charge is 2.16. The van der Waals surface area contributed by atoms with Crippen molar-refractivity contribution in [2.75, 3.05) is 0 Å². The summed E-state index contributed by atoms with van der Waals surface area (Å²) in [5.74, 6) is 0. The first kappa shape index (κ1) is 29.6. The van der Waals surface area contributed by atoms with Crippen molar-refractivity contribution in [1.29, 1.82) is 0 Å². The highest BCUT2D eigenvalue weighted by molar-refractivity contribution is 6.23. The summed E-state index contributed by atoms with van der Waals surface area (Å²) in [6.07, 6.45) is 1.92. The maximum atomic E-state index is 5.24. The monoisotopic (exact) mass is 673 g/mol. The zero-order valence-corrected chi connectivity index (χ0v) is 28.7. The summed E-state index contributed by atoms with van der Waals surface area (Å²) in [6.45, 7) is 0. The first-order valence-electron chi connectivity index (χ1n) is 18.1. The Morgan fingerprint density at radius 2 is 0.868 bits per heavy atom. The van der Waals surface area contributed by atoms with Crippen LogP contribution in [0.25, 0.3) is 104 Å². The average Bonchev–Trinajstić information content (AvgIpc) is 3.57. The summed E-state index contributed by atoms with van der Waals surface area (Å²) >= 11 is 0. The van der Waals surface area contributed by atoms with E-state index in [2.05, 4.69) is 187 Å². The Labute approximate surface area is 306 Å². The van der Waals surface area contributed by atoms with E-state index in [4.69, 9.17) is 9.97 Å². The van der Waals surface area contributed by atoms with E-state index in [0.29, 0.717) is 0 Å². The molecule has 0 aliphatic heterocycles. The van der Waals surface area contributed by atoms with Gasteiger partial charge in [0.15, 0.2) is 0 Å². The molecule has 3 heteroatoms. The van der Waals surface area contributed by atoms with E-state index in [0.717, 1.165) is 44.2 Å². The van der Waals surface area contributed by atoms with Crippen molar-refractivity contribution in [3.05, 3.63) is 188 Å². The summed E-state index contributed by atoms with van der Waals surface area (Å²) in [5.41, 5.74) is 12.1. The summed E-state index contributed by atoms with van der Waals surface area (Å²) in [4.78, 5) is 10.2. The predicted molar refractivity (Wildman–Crippen MR) is 223 cm³/mol. The Hall–Kier alpha value is -7.10. The van der Waals surface area contributed by atoms with E-state index < -0.39 is 0 Å². The van der Waals surface area contributed by atoms with E-state index in [-0.39, 0.29) is 0 Å². The van der Waals surface area contributed by atoms with Gasteiger partial charge in [0.25, 0.3) is 0 Å². The van der Waals surface area contributed by atoms with Crippen LogP contribution in [-0.2, 0) is 0 Å². The van der Waals surface area contributed by atoms with Gasteiger partial charge in [0.05, 0.1) is 39.6 Å². The second-order valence-electron chi connectivity index (χ2n) is 13.7. The molecule has 9 aromatic carbocycles. The fraction of sp³-hybridized carbons (Fsp3) is 0. The van der Waals surface area contributed by atoms with Gasteiger partial charge in [-0.2, -0.15) is 0 Å². The summed E-state index contributed by atoms with van der Waals surface area (Å²) in [5, 5.41) is 9.65. The lowest BCUT2D eigenvalue weighted by Gasteiger charge is -2.15. The second kappa shape index (κ2) is 11.7. The lowest BCUT2D eigenvalue weighted by Crippen LogP contribution is -1.96. The smallest absolute Gasteiger partial charge is 0.0979 e. The molecular weight excluding hydrogens is 643 g/mol. The maximum Gasteiger partial charge on any atom is 0.0979 e. The summed E-state index contributed by atoms with van der Waals surface area (Å²) in [7, 11) is 0. The molecule has 0 radical (unpaired) electrons. The number of hydrogen-bond acceptors (Lipinski definition) is 2. The van der Waals surface area contributed by atoms with Crippen molar-refractivity contribution in [3.8, 4) is 39.2 Å². The lowest BCUT2D eigenvalue weighted by atomic mass is 9.94. The molecule has 2 aromatic heterocycles.